The predicted octanol–water partition coefficient (Wildman–Crippen LogP) is 4.61. The lowest BCUT2D eigenvalue weighted by molar-refractivity contribution is 0.134. The van der Waals surface area contributed by atoms with Crippen molar-refractivity contribution in [2.24, 2.45) is 0 Å². The second kappa shape index (κ2) is 9.02. The van der Waals surface area contributed by atoms with E-state index < -0.39 is 6.10 Å². The van der Waals surface area contributed by atoms with Crippen molar-refractivity contribution in [3.63, 3.8) is 0 Å². The quantitative estimate of drug-likeness (QED) is 0.738. The Balaban J connectivity index is 1.57. The van der Waals surface area contributed by atoms with Crippen LogP contribution in [-0.2, 0) is 6.61 Å². The van der Waals surface area contributed by atoms with Crippen molar-refractivity contribution in [1.29, 1.82) is 0 Å². The van der Waals surface area contributed by atoms with Crippen molar-refractivity contribution in [2.45, 2.75) is 63.8 Å². The van der Waals surface area contributed by atoms with Crippen molar-refractivity contribution in [3.05, 3.63) is 65.7 Å². The molecule has 0 unspecified atom stereocenters. The third-order valence-corrected chi connectivity index (χ3v) is 5.01. The minimum atomic E-state index is -0.480. The zero-order valence-electron chi connectivity index (χ0n) is 15.0. The van der Waals surface area contributed by atoms with Gasteiger partial charge in [-0.2, -0.15) is 0 Å². The number of benzene rings is 2. The lowest BCUT2D eigenvalue weighted by Gasteiger charge is -2.21. The summed E-state index contributed by atoms with van der Waals surface area (Å²) in [4.78, 5) is 0. The van der Waals surface area contributed by atoms with Gasteiger partial charge in [0.25, 0.3) is 0 Å². The average Bonchev–Trinajstić information content (AvgIpc) is 3.14. The molecule has 2 N–H and O–H groups in total. The van der Waals surface area contributed by atoms with Gasteiger partial charge in [-0.15, -0.1) is 0 Å². The van der Waals surface area contributed by atoms with Gasteiger partial charge < -0.3 is 15.2 Å². The van der Waals surface area contributed by atoms with Gasteiger partial charge in [-0.1, -0.05) is 62.2 Å². The van der Waals surface area contributed by atoms with E-state index in [-0.39, 0.29) is 6.04 Å². The van der Waals surface area contributed by atoms with Crippen LogP contribution in [0.15, 0.2) is 54.6 Å². The highest BCUT2D eigenvalue weighted by atomic mass is 16.5. The molecule has 1 saturated heterocycles. The Hall–Kier alpha value is -1.84. The number of unbranched alkanes of at least 4 members (excludes halogenated alkanes) is 1. The molecule has 0 amide bonds. The van der Waals surface area contributed by atoms with E-state index >= 15 is 0 Å². The fourth-order valence-corrected chi connectivity index (χ4v) is 3.54. The average molecular weight is 339 g/mol. The van der Waals surface area contributed by atoms with Crippen LogP contribution in [0.2, 0.25) is 0 Å². The van der Waals surface area contributed by atoms with E-state index in [1.807, 2.05) is 42.5 Å². The Labute approximate surface area is 151 Å². The van der Waals surface area contributed by atoms with Gasteiger partial charge in [-0.3, -0.25) is 0 Å². The van der Waals surface area contributed by atoms with E-state index in [1.165, 1.54) is 19.3 Å². The Kier molecular flexibility index (Phi) is 6.48. The van der Waals surface area contributed by atoms with Crippen molar-refractivity contribution in [1.82, 2.24) is 5.32 Å². The van der Waals surface area contributed by atoms with E-state index in [0.717, 1.165) is 29.7 Å². The van der Waals surface area contributed by atoms with Gasteiger partial charge in [0.1, 0.15) is 12.4 Å². The van der Waals surface area contributed by atoms with Crippen LogP contribution in [-0.4, -0.2) is 17.2 Å². The van der Waals surface area contributed by atoms with Crippen LogP contribution in [0, 0.1) is 0 Å². The van der Waals surface area contributed by atoms with Gasteiger partial charge in [-0.05, 0) is 42.5 Å². The van der Waals surface area contributed by atoms with Crippen LogP contribution in [0.3, 0.4) is 0 Å². The Morgan fingerprint density at radius 2 is 1.96 bits per heavy atom. The molecule has 1 aliphatic heterocycles. The van der Waals surface area contributed by atoms with Crippen LogP contribution in [0.25, 0.3) is 0 Å². The first kappa shape index (κ1) is 18.0. The standard InChI is InChI=1S/C22H29NO2/c1-2-3-11-19-13-14-21(23-19)22(24)18-10-7-12-20(15-18)25-16-17-8-5-4-6-9-17/h4-10,12,15,19,21-24H,2-3,11,13-14,16H2,1H3/t19-,21-,22+/m1/s1. The maximum absolute atomic E-state index is 10.8. The molecule has 1 fully saturated rings. The van der Waals surface area contributed by atoms with Gasteiger partial charge in [-0.25, -0.2) is 0 Å². The second-order valence-electron chi connectivity index (χ2n) is 6.98. The number of ether oxygens (including phenoxy) is 1. The molecular weight excluding hydrogens is 310 g/mol. The molecule has 2 aromatic rings. The van der Waals surface area contributed by atoms with E-state index in [1.54, 1.807) is 0 Å². The van der Waals surface area contributed by atoms with Gasteiger partial charge in [0.2, 0.25) is 0 Å². The Morgan fingerprint density at radius 1 is 1.12 bits per heavy atom. The lowest BCUT2D eigenvalue weighted by Crippen LogP contribution is -2.34. The molecule has 3 nitrogen and oxygen atoms in total. The molecule has 134 valence electrons. The molecule has 3 rings (SSSR count). The summed E-state index contributed by atoms with van der Waals surface area (Å²) in [6.45, 7) is 2.77. The molecule has 0 radical (unpaired) electrons. The van der Waals surface area contributed by atoms with Gasteiger partial charge in [0.05, 0.1) is 6.10 Å². The highest BCUT2D eigenvalue weighted by molar-refractivity contribution is 5.31. The topological polar surface area (TPSA) is 41.5 Å². The number of nitrogens with one attached hydrogen (secondary N) is 1. The van der Waals surface area contributed by atoms with Crippen LogP contribution in [0.1, 0.15) is 56.3 Å². The largest absolute Gasteiger partial charge is 0.489 e. The maximum Gasteiger partial charge on any atom is 0.120 e. The summed E-state index contributed by atoms with van der Waals surface area (Å²) in [5, 5.41) is 14.4. The maximum atomic E-state index is 10.8. The zero-order valence-corrected chi connectivity index (χ0v) is 15.0. The summed E-state index contributed by atoms with van der Waals surface area (Å²) >= 11 is 0. The summed E-state index contributed by atoms with van der Waals surface area (Å²) < 4.78 is 5.89. The molecule has 1 heterocycles. The van der Waals surface area contributed by atoms with E-state index in [2.05, 4.69) is 24.4 Å². The van der Waals surface area contributed by atoms with Crippen LogP contribution < -0.4 is 10.1 Å². The third-order valence-electron chi connectivity index (χ3n) is 5.01. The van der Waals surface area contributed by atoms with Crippen LogP contribution >= 0.6 is 0 Å². The Bertz CT molecular complexity index is 643. The fraction of sp³-hybridized carbons (Fsp3) is 0.455. The first-order valence-electron chi connectivity index (χ1n) is 9.47. The molecule has 0 saturated carbocycles. The number of aliphatic hydroxyl groups is 1. The highest BCUT2D eigenvalue weighted by Crippen LogP contribution is 2.29. The summed E-state index contributed by atoms with van der Waals surface area (Å²) in [5.74, 6) is 0.806. The molecule has 25 heavy (non-hydrogen) atoms. The molecule has 1 aliphatic rings. The number of hydrogen-bond donors (Lipinski definition) is 2. The van der Waals surface area contributed by atoms with Crippen LogP contribution in [0.5, 0.6) is 5.75 Å². The SMILES string of the molecule is CCCC[C@@H]1CC[C@H]([C@@H](O)c2cccc(OCc3ccccc3)c2)N1. The molecule has 3 heteroatoms. The van der Waals surface area contributed by atoms with Crippen molar-refractivity contribution >= 4 is 0 Å². The third kappa shape index (κ3) is 5.07. The minimum Gasteiger partial charge on any atom is -0.489 e. The lowest BCUT2D eigenvalue weighted by atomic mass is 10.0. The predicted molar refractivity (Wildman–Crippen MR) is 102 cm³/mol. The fourth-order valence-electron chi connectivity index (χ4n) is 3.54. The minimum absolute atomic E-state index is 0.145. The molecule has 3 atom stereocenters. The first-order chi connectivity index (χ1) is 12.3. The summed E-state index contributed by atoms with van der Waals surface area (Å²) in [6.07, 6.45) is 5.40. The summed E-state index contributed by atoms with van der Waals surface area (Å²) in [6, 6.07) is 18.7. The monoisotopic (exact) mass is 339 g/mol. The molecule has 2 aromatic carbocycles. The molecule has 0 aliphatic carbocycles. The van der Waals surface area contributed by atoms with Crippen molar-refractivity contribution in [2.75, 3.05) is 0 Å². The van der Waals surface area contributed by atoms with Crippen molar-refractivity contribution < 1.29 is 9.84 Å². The molecule has 0 bridgehead atoms. The van der Waals surface area contributed by atoms with E-state index in [4.69, 9.17) is 4.74 Å². The normalized spacial score (nSPS) is 21.2. The van der Waals surface area contributed by atoms with Crippen molar-refractivity contribution in [3.8, 4) is 5.75 Å². The molecule has 0 aromatic heterocycles. The first-order valence-corrected chi connectivity index (χ1v) is 9.47. The van der Waals surface area contributed by atoms with Gasteiger partial charge >= 0.3 is 0 Å². The smallest absolute Gasteiger partial charge is 0.120 e. The Morgan fingerprint density at radius 3 is 2.76 bits per heavy atom. The molecule has 0 spiro atoms. The highest BCUT2D eigenvalue weighted by Gasteiger charge is 2.29. The van der Waals surface area contributed by atoms with E-state index in [9.17, 15) is 5.11 Å². The van der Waals surface area contributed by atoms with E-state index in [0.29, 0.717) is 12.6 Å². The number of aliphatic hydroxyl groups excluding tert-OH is 1. The summed E-state index contributed by atoms with van der Waals surface area (Å²) in [5.41, 5.74) is 2.07. The van der Waals surface area contributed by atoms with Gasteiger partial charge in [0.15, 0.2) is 0 Å². The van der Waals surface area contributed by atoms with Gasteiger partial charge in [0, 0.05) is 12.1 Å². The zero-order chi connectivity index (χ0) is 17.5. The van der Waals surface area contributed by atoms with Crippen LogP contribution in [0.4, 0.5) is 0 Å². The second-order valence-corrected chi connectivity index (χ2v) is 6.98. The number of rotatable bonds is 8. The molecular formula is C22H29NO2. The number of hydrogen-bond acceptors (Lipinski definition) is 3. The summed E-state index contributed by atoms with van der Waals surface area (Å²) in [7, 11) is 0.